The van der Waals surface area contributed by atoms with E-state index in [1.54, 1.807) is 37.1 Å². The van der Waals surface area contributed by atoms with E-state index in [9.17, 15) is 9.59 Å². The highest BCUT2D eigenvalue weighted by Crippen LogP contribution is 2.35. The molecular formula is C19H20N2O3. The lowest BCUT2D eigenvalue weighted by molar-refractivity contribution is -0.125. The monoisotopic (exact) mass is 324 g/mol. The summed E-state index contributed by atoms with van der Waals surface area (Å²) in [4.78, 5) is 25.8. The van der Waals surface area contributed by atoms with E-state index in [1.807, 2.05) is 31.2 Å². The molecule has 1 aliphatic heterocycles. The van der Waals surface area contributed by atoms with Crippen LogP contribution < -0.4 is 15.0 Å². The third-order valence-corrected chi connectivity index (χ3v) is 4.07. The lowest BCUT2D eigenvalue weighted by atomic mass is 10.1. The lowest BCUT2D eigenvalue weighted by Gasteiger charge is -2.30. The van der Waals surface area contributed by atoms with Gasteiger partial charge in [0, 0.05) is 12.7 Å². The number of carbonyl (C=O) groups excluding carboxylic acids is 2. The van der Waals surface area contributed by atoms with Gasteiger partial charge in [-0.2, -0.15) is 0 Å². The Morgan fingerprint density at radius 3 is 2.62 bits per heavy atom. The molecule has 1 aliphatic rings. The van der Waals surface area contributed by atoms with Gasteiger partial charge in [0.25, 0.3) is 5.91 Å². The topological polar surface area (TPSA) is 58.6 Å². The second-order valence-electron chi connectivity index (χ2n) is 6.05. The van der Waals surface area contributed by atoms with E-state index in [0.717, 1.165) is 11.1 Å². The average molecular weight is 324 g/mol. The van der Waals surface area contributed by atoms with E-state index in [4.69, 9.17) is 4.74 Å². The number of carbonyl (C=O) groups is 2. The number of ether oxygens (including phenoxy) is 1. The average Bonchev–Trinajstić information content (AvgIpc) is 2.55. The van der Waals surface area contributed by atoms with Crippen molar-refractivity contribution in [3.63, 3.8) is 0 Å². The SMILES string of the molecule is Cc1ccc(CC(=O)Nc2ccc3c(c2)N(C)C(=O)C(C)O3)cc1. The molecule has 0 fully saturated rings. The molecule has 2 aromatic rings. The van der Waals surface area contributed by atoms with E-state index in [-0.39, 0.29) is 11.8 Å². The Hall–Kier alpha value is -2.82. The maximum atomic E-state index is 12.2. The Balaban J connectivity index is 1.73. The van der Waals surface area contributed by atoms with E-state index in [1.165, 1.54) is 0 Å². The summed E-state index contributed by atoms with van der Waals surface area (Å²) in [5, 5.41) is 2.87. The molecule has 2 aromatic carbocycles. The predicted molar refractivity (Wildman–Crippen MR) is 93.5 cm³/mol. The van der Waals surface area contributed by atoms with Crippen LogP contribution >= 0.6 is 0 Å². The van der Waals surface area contributed by atoms with Crippen LogP contribution in [0.4, 0.5) is 11.4 Å². The number of anilines is 2. The number of fused-ring (bicyclic) bond motifs is 1. The first-order chi connectivity index (χ1) is 11.4. The molecule has 0 aromatic heterocycles. The summed E-state index contributed by atoms with van der Waals surface area (Å²) in [6, 6.07) is 13.2. The second-order valence-corrected chi connectivity index (χ2v) is 6.05. The molecule has 2 amide bonds. The number of benzene rings is 2. The van der Waals surface area contributed by atoms with Crippen LogP contribution in [-0.4, -0.2) is 25.0 Å². The number of likely N-dealkylation sites (N-methyl/N-ethyl adjacent to an activating group) is 1. The summed E-state index contributed by atoms with van der Waals surface area (Å²) in [5.41, 5.74) is 3.42. The summed E-state index contributed by atoms with van der Waals surface area (Å²) in [5.74, 6) is 0.435. The first-order valence-electron chi connectivity index (χ1n) is 7.88. The molecule has 24 heavy (non-hydrogen) atoms. The summed E-state index contributed by atoms with van der Waals surface area (Å²) in [7, 11) is 1.71. The standard InChI is InChI=1S/C19H20N2O3/c1-12-4-6-14(7-5-12)10-18(22)20-15-8-9-17-16(11-15)21(3)19(23)13(2)24-17/h4-9,11,13H,10H2,1-3H3,(H,20,22). The first kappa shape index (κ1) is 16.1. The van der Waals surface area contributed by atoms with Gasteiger partial charge in [-0.25, -0.2) is 0 Å². The molecule has 0 spiro atoms. The number of nitrogens with zero attached hydrogens (tertiary/aromatic N) is 1. The minimum Gasteiger partial charge on any atom is -0.479 e. The van der Waals surface area contributed by atoms with Gasteiger partial charge in [0.05, 0.1) is 12.1 Å². The molecular weight excluding hydrogens is 304 g/mol. The van der Waals surface area contributed by atoms with Crippen LogP contribution in [0.1, 0.15) is 18.1 Å². The number of amides is 2. The third-order valence-electron chi connectivity index (χ3n) is 4.07. The van der Waals surface area contributed by atoms with Gasteiger partial charge in [-0.15, -0.1) is 0 Å². The predicted octanol–water partition coefficient (Wildman–Crippen LogP) is 2.92. The van der Waals surface area contributed by atoms with Crippen LogP contribution in [0.15, 0.2) is 42.5 Å². The minimum absolute atomic E-state index is 0.0992. The van der Waals surface area contributed by atoms with Crippen molar-refractivity contribution in [1.29, 1.82) is 0 Å². The number of hydrogen-bond donors (Lipinski definition) is 1. The van der Waals surface area contributed by atoms with Crippen molar-refractivity contribution in [3.05, 3.63) is 53.6 Å². The fourth-order valence-corrected chi connectivity index (χ4v) is 2.69. The molecule has 1 unspecified atom stereocenters. The molecule has 3 rings (SSSR count). The molecule has 0 aliphatic carbocycles. The van der Waals surface area contributed by atoms with Crippen molar-refractivity contribution >= 4 is 23.2 Å². The first-order valence-corrected chi connectivity index (χ1v) is 7.88. The van der Waals surface area contributed by atoms with Crippen molar-refractivity contribution < 1.29 is 14.3 Å². The van der Waals surface area contributed by atoms with Gasteiger partial charge in [-0.1, -0.05) is 29.8 Å². The smallest absolute Gasteiger partial charge is 0.267 e. The zero-order valence-corrected chi connectivity index (χ0v) is 14.0. The second kappa shape index (κ2) is 6.35. The Morgan fingerprint density at radius 2 is 1.92 bits per heavy atom. The van der Waals surface area contributed by atoms with Crippen LogP contribution in [-0.2, 0) is 16.0 Å². The van der Waals surface area contributed by atoms with E-state index in [2.05, 4.69) is 5.32 Å². The largest absolute Gasteiger partial charge is 0.479 e. The molecule has 0 bridgehead atoms. The summed E-state index contributed by atoms with van der Waals surface area (Å²) >= 11 is 0. The van der Waals surface area contributed by atoms with Gasteiger partial charge in [0.2, 0.25) is 5.91 Å². The van der Waals surface area contributed by atoms with Crippen molar-refractivity contribution in [2.75, 3.05) is 17.3 Å². The van der Waals surface area contributed by atoms with Crippen LogP contribution in [0.3, 0.4) is 0 Å². The maximum Gasteiger partial charge on any atom is 0.267 e. The molecule has 5 heteroatoms. The van der Waals surface area contributed by atoms with Crippen molar-refractivity contribution in [2.24, 2.45) is 0 Å². The molecule has 1 atom stereocenters. The third kappa shape index (κ3) is 3.25. The lowest BCUT2D eigenvalue weighted by Crippen LogP contribution is -2.42. The summed E-state index contributed by atoms with van der Waals surface area (Å²) in [6.07, 6.45) is -0.191. The van der Waals surface area contributed by atoms with Crippen LogP contribution in [0.5, 0.6) is 5.75 Å². The maximum absolute atomic E-state index is 12.2. The number of rotatable bonds is 3. The fraction of sp³-hybridized carbons (Fsp3) is 0.263. The van der Waals surface area contributed by atoms with Crippen LogP contribution in [0, 0.1) is 6.92 Å². The molecule has 124 valence electrons. The highest BCUT2D eigenvalue weighted by molar-refractivity contribution is 6.00. The van der Waals surface area contributed by atoms with Gasteiger partial charge >= 0.3 is 0 Å². The molecule has 1 heterocycles. The van der Waals surface area contributed by atoms with Crippen molar-refractivity contribution in [1.82, 2.24) is 0 Å². The Kier molecular flexibility index (Phi) is 4.25. The molecule has 0 radical (unpaired) electrons. The van der Waals surface area contributed by atoms with Crippen molar-refractivity contribution in [2.45, 2.75) is 26.4 Å². The zero-order valence-electron chi connectivity index (χ0n) is 14.0. The van der Waals surface area contributed by atoms with Crippen LogP contribution in [0.2, 0.25) is 0 Å². The quantitative estimate of drug-likeness (QED) is 0.944. The summed E-state index contributed by atoms with van der Waals surface area (Å²) in [6.45, 7) is 3.73. The molecule has 1 N–H and O–H groups in total. The summed E-state index contributed by atoms with van der Waals surface area (Å²) < 4.78 is 5.58. The minimum atomic E-state index is -0.496. The molecule has 0 saturated heterocycles. The highest BCUT2D eigenvalue weighted by Gasteiger charge is 2.29. The van der Waals surface area contributed by atoms with Crippen LogP contribution in [0.25, 0.3) is 0 Å². The van der Waals surface area contributed by atoms with Gasteiger partial charge in [0.1, 0.15) is 5.75 Å². The Morgan fingerprint density at radius 1 is 1.21 bits per heavy atom. The van der Waals surface area contributed by atoms with Gasteiger partial charge in [-0.05, 0) is 37.6 Å². The van der Waals surface area contributed by atoms with E-state index < -0.39 is 6.10 Å². The molecule has 0 saturated carbocycles. The number of hydrogen-bond acceptors (Lipinski definition) is 3. The van der Waals surface area contributed by atoms with Gasteiger partial charge < -0.3 is 15.0 Å². The van der Waals surface area contributed by atoms with E-state index in [0.29, 0.717) is 23.5 Å². The van der Waals surface area contributed by atoms with Gasteiger partial charge in [0.15, 0.2) is 6.10 Å². The molecule has 5 nitrogen and oxygen atoms in total. The van der Waals surface area contributed by atoms with Gasteiger partial charge in [-0.3, -0.25) is 9.59 Å². The van der Waals surface area contributed by atoms with E-state index >= 15 is 0 Å². The number of nitrogens with one attached hydrogen (secondary N) is 1. The number of aryl methyl sites for hydroxylation is 1. The van der Waals surface area contributed by atoms with Crippen molar-refractivity contribution in [3.8, 4) is 5.75 Å². The zero-order chi connectivity index (χ0) is 17.3. The normalized spacial score (nSPS) is 16.4. The Bertz CT molecular complexity index is 784. The fourth-order valence-electron chi connectivity index (χ4n) is 2.69. The highest BCUT2D eigenvalue weighted by atomic mass is 16.5. The Labute approximate surface area is 141 Å².